The maximum Gasteiger partial charge on any atom is 0.246 e. The van der Waals surface area contributed by atoms with Crippen LogP contribution in [0.2, 0.25) is 5.02 Å². The van der Waals surface area contributed by atoms with Crippen molar-refractivity contribution in [3.05, 3.63) is 34.3 Å². The lowest BCUT2D eigenvalue weighted by atomic mass is 10.1. The van der Waals surface area contributed by atoms with Gasteiger partial charge in [0, 0.05) is 18.5 Å². The Bertz CT molecular complexity index is 379. The Hall–Kier alpha value is -1.06. The van der Waals surface area contributed by atoms with Crippen molar-refractivity contribution in [1.29, 1.82) is 0 Å². The van der Waals surface area contributed by atoms with E-state index in [2.05, 4.69) is 0 Å². The Morgan fingerprint density at radius 3 is 2.75 bits per heavy atom. The predicted molar refractivity (Wildman–Crippen MR) is 64.3 cm³/mol. The number of hydroxylamine groups is 2. The Morgan fingerprint density at radius 1 is 1.50 bits per heavy atom. The summed E-state index contributed by atoms with van der Waals surface area (Å²) in [6.07, 6.45) is 1.09. The lowest BCUT2D eigenvalue weighted by molar-refractivity contribution is -0.168. The maximum absolute atomic E-state index is 11.5. The van der Waals surface area contributed by atoms with Gasteiger partial charge in [0.15, 0.2) is 0 Å². The van der Waals surface area contributed by atoms with E-state index in [9.17, 15) is 4.79 Å². The van der Waals surface area contributed by atoms with E-state index < -0.39 is 0 Å². The molecular formula is C12H16ClNO2. The number of hydrogen-bond acceptors (Lipinski definition) is 2. The van der Waals surface area contributed by atoms with Crippen molar-refractivity contribution in [3.8, 4) is 0 Å². The van der Waals surface area contributed by atoms with Gasteiger partial charge in [-0.15, -0.1) is 0 Å². The second-order valence-corrected chi connectivity index (χ2v) is 4.06. The van der Waals surface area contributed by atoms with Crippen molar-refractivity contribution in [2.24, 2.45) is 0 Å². The van der Waals surface area contributed by atoms with Crippen molar-refractivity contribution >= 4 is 17.5 Å². The molecule has 0 fully saturated rings. The van der Waals surface area contributed by atoms with E-state index in [-0.39, 0.29) is 5.91 Å². The lowest BCUT2D eigenvalue weighted by Gasteiger charge is -2.13. The molecule has 0 heterocycles. The Kier molecular flexibility index (Phi) is 4.77. The molecule has 0 unspecified atom stereocenters. The molecule has 88 valence electrons. The fourth-order valence-electron chi connectivity index (χ4n) is 1.30. The van der Waals surface area contributed by atoms with Crippen LogP contribution < -0.4 is 0 Å². The van der Waals surface area contributed by atoms with Crippen molar-refractivity contribution in [1.82, 2.24) is 5.06 Å². The van der Waals surface area contributed by atoms with Crippen LogP contribution in [0.25, 0.3) is 0 Å². The zero-order valence-corrected chi connectivity index (χ0v) is 10.5. The van der Waals surface area contributed by atoms with E-state index >= 15 is 0 Å². The minimum atomic E-state index is -0.0424. The molecule has 0 aliphatic carbocycles. The highest BCUT2D eigenvalue weighted by molar-refractivity contribution is 6.31. The van der Waals surface area contributed by atoms with Gasteiger partial charge in [0.2, 0.25) is 5.91 Å². The molecule has 0 atom stereocenters. The third-order valence-electron chi connectivity index (χ3n) is 2.49. The predicted octanol–water partition coefficient (Wildman–Crippen LogP) is 2.60. The van der Waals surface area contributed by atoms with Crippen LogP contribution in [0.5, 0.6) is 0 Å². The van der Waals surface area contributed by atoms with Crippen LogP contribution in [-0.2, 0) is 16.1 Å². The summed E-state index contributed by atoms with van der Waals surface area (Å²) < 4.78 is 0. The van der Waals surface area contributed by atoms with Gasteiger partial charge in [0.05, 0.1) is 7.11 Å². The quantitative estimate of drug-likeness (QED) is 0.759. The van der Waals surface area contributed by atoms with E-state index in [1.54, 1.807) is 7.05 Å². The molecule has 0 aliphatic heterocycles. The minimum absolute atomic E-state index is 0.0424. The molecule has 16 heavy (non-hydrogen) atoms. The van der Waals surface area contributed by atoms with Crippen LogP contribution in [0.4, 0.5) is 0 Å². The summed E-state index contributed by atoms with van der Waals surface area (Å²) in [6.45, 7) is 1.95. The average molecular weight is 242 g/mol. The van der Waals surface area contributed by atoms with E-state index in [1.165, 1.54) is 12.2 Å². The summed E-state index contributed by atoms with van der Waals surface area (Å²) in [4.78, 5) is 16.3. The van der Waals surface area contributed by atoms with Crippen LogP contribution in [0.15, 0.2) is 18.2 Å². The molecule has 0 bridgehead atoms. The summed E-state index contributed by atoms with van der Waals surface area (Å²) >= 11 is 6.00. The third kappa shape index (κ3) is 3.51. The first-order valence-corrected chi connectivity index (χ1v) is 5.48. The number of carbonyl (C=O) groups excluding carboxylic acids is 1. The fraction of sp³-hybridized carbons (Fsp3) is 0.417. The summed E-state index contributed by atoms with van der Waals surface area (Å²) in [5, 5.41) is 1.97. The van der Waals surface area contributed by atoms with E-state index in [1.807, 2.05) is 25.1 Å². The van der Waals surface area contributed by atoms with Gasteiger partial charge in [-0.3, -0.25) is 9.63 Å². The van der Waals surface area contributed by atoms with Gasteiger partial charge in [0.1, 0.15) is 0 Å². The Morgan fingerprint density at radius 2 is 2.19 bits per heavy atom. The topological polar surface area (TPSA) is 29.5 Å². The first-order chi connectivity index (χ1) is 7.54. The first kappa shape index (κ1) is 13.0. The van der Waals surface area contributed by atoms with Gasteiger partial charge in [-0.05, 0) is 30.5 Å². The van der Waals surface area contributed by atoms with Gasteiger partial charge >= 0.3 is 0 Å². The normalized spacial score (nSPS) is 10.2. The van der Waals surface area contributed by atoms with E-state index in [0.29, 0.717) is 12.8 Å². The molecule has 0 aliphatic rings. The smallest absolute Gasteiger partial charge is 0.246 e. The number of halogens is 1. The van der Waals surface area contributed by atoms with Crippen molar-refractivity contribution in [2.45, 2.75) is 19.8 Å². The average Bonchev–Trinajstić information content (AvgIpc) is 2.29. The minimum Gasteiger partial charge on any atom is -0.275 e. The fourth-order valence-corrected chi connectivity index (χ4v) is 1.51. The highest BCUT2D eigenvalue weighted by Gasteiger charge is 2.08. The molecule has 1 amide bonds. The van der Waals surface area contributed by atoms with Crippen molar-refractivity contribution in [3.63, 3.8) is 0 Å². The lowest BCUT2D eigenvalue weighted by Crippen LogP contribution is -2.25. The molecule has 4 heteroatoms. The number of carbonyl (C=O) groups is 1. The summed E-state index contributed by atoms with van der Waals surface area (Å²) in [7, 11) is 3.07. The van der Waals surface area contributed by atoms with Gasteiger partial charge < -0.3 is 0 Å². The van der Waals surface area contributed by atoms with Gasteiger partial charge in [0.25, 0.3) is 0 Å². The number of nitrogens with zero attached hydrogens (tertiary/aromatic N) is 1. The van der Waals surface area contributed by atoms with Crippen LogP contribution in [0.1, 0.15) is 17.5 Å². The monoisotopic (exact) mass is 241 g/mol. The van der Waals surface area contributed by atoms with Crippen molar-refractivity contribution < 1.29 is 9.63 Å². The number of aryl methyl sites for hydroxylation is 2. The van der Waals surface area contributed by atoms with Crippen molar-refractivity contribution in [2.75, 3.05) is 14.2 Å². The standard InChI is InChI=1S/C12H16ClNO2/c1-9-4-5-10(8-11(9)13)6-7-12(15)14(2)16-3/h4-5,8H,6-7H2,1-3H3. The zero-order chi connectivity index (χ0) is 12.1. The molecular weight excluding hydrogens is 226 g/mol. The number of benzene rings is 1. The summed E-state index contributed by atoms with van der Waals surface area (Å²) in [5.41, 5.74) is 2.11. The third-order valence-corrected chi connectivity index (χ3v) is 2.90. The SMILES string of the molecule is CON(C)C(=O)CCc1ccc(C)c(Cl)c1. The van der Waals surface area contributed by atoms with E-state index in [0.717, 1.165) is 16.1 Å². The highest BCUT2D eigenvalue weighted by Crippen LogP contribution is 2.17. The van der Waals surface area contributed by atoms with Gasteiger partial charge in [-0.25, -0.2) is 5.06 Å². The highest BCUT2D eigenvalue weighted by atomic mass is 35.5. The Balaban J connectivity index is 2.55. The molecule has 0 spiro atoms. The molecule has 1 rings (SSSR count). The number of amides is 1. The van der Waals surface area contributed by atoms with Crippen LogP contribution >= 0.6 is 11.6 Å². The molecule has 1 aromatic carbocycles. The van der Waals surface area contributed by atoms with Gasteiger partial charge in [-0.1, -0.05) is 23.7 Å². The van der Waals surface area contributed by atoms with Crippen LogP contribution in [0.3, 0.4) is 0 Å². The summed E-state index contributed by atoms with van der Waals surface area (Å²) in [5.74, 6) is -0.0424. The van der Waals surface area contributed by atoms with Gasteiger partial charge in [-0.2, -0.15) is 0 Å². The van der Waals surface area contributed by atoms with E-state index in [4.69, 9.17) is 16.4 Å². The molecule has 0 saturated heterocycles. The second-order valence-electron chi connectivity index (χ2n) is 3.66. The van der Waals surface area contributed by atoms with Crippen LogP contribution in [-0.4, -0.2) is 25.1 Å². The number of hydrogen-bond donors (Lipinski definition) is 0. The molecule has 3 nitrogen and oxygen atoms in total. The Labute approximate surface area is 101 Å². The first-order valence-electron chi connectivity index (χ1n) is 5.10. The summed E-state index contributed by atoms with van der Waals surface area (Å²) in [6, 6.07) is 5.85. The zero-order valence-electron chi connectivity index (χ0n) is 9.79. The second kappa shape index (κ2) is 5.87. The molecule has 0 N–H and O–H groups in total. The number of rotatable bonds is 4. The maximum atomic E-state index is 11.5. The molecule has 1 aromatic rings. The molecule has 0 aromatic heterocycles. The molecule has 0 radical (unpaired) electrons. The molecule has 0 saturated carbocycles. The van der Waals surface area contributed by atoms with Crippen LogP contribution in [0, 0.1) is 6.92 Å². The largest absolute Gasteiger partial charge is 0.275 e.